The van der Waals surface area contributed by atoms with Crippen molar-refractivity contribution in [2.45, 2.75) is 25.9 Å². The lowest BCUT2D eigenvalue weighted by Crippen LogP contribution is -2.43. The van der Waals surface area contributed by atoms with E-state index in [-0.39, 0.29) is 17.8 Å². The lowest BCUT2D eigenvalue weighted by Gasteiger charge is -2.32. The highest BCUT2D eigenvalue weighted by Crippen LogP contribution is 2.22. The Hall–Kier alpha value is -1.75. The normalized spacial score (nSPS) is 19.4. The summed E-state index contributed by atoms with van der Waals surface area (Å²) in [5.74, 6) is -0.0891. The molecule has 1 amide bonds. The molecule has 5 heteroatoms. The molecule has 104 valence electrons. The van der Waals surface area contributed by atoms with Crippen LogP contribution in [0.1, 0.15) is 30.1 Å². The molecule has 1 aliphatic heterocycles. The smallest absolute Gasteiger partial charge is 0.256 e. The number of nitrogen functional groups attached to an aromatic ring is 1. The Morgan fingerprint density at radius 2 is 2.37 bits per heavy atom. The van der Waals surface area contributed by atoms with Crippen LogP contribution in [-0.4, -0.2) is 41.7 Å². The van der Waals surface area contributed by atoms with Crippen LogP contribution < -0.4 is 5.73 Å². The second kappa shape index (κ2) is 5.93. The Kier molecular flexibility index (Phi) is 4.27. The van der Waals surface area contributed by atoms with E-state index in [9.17, 15) is 9.90 Å². The summed E-state index contributed by atoms with van der Waals surface area (Å²) >= 11 is 0. The molecule has 1 fully saturated rings. The Labute approximate surface area is 113 Å². The van der Waals surface area contributed by atoms with Crippen molar-refractivity contribution >= 4 is 11.6 Å². The lowest BCUT2D eigenvalue weighted by molar-refractivity contribution is 0.00727. The number of anilines is 1. The quantitative estimate of drug-likeness (QED) is 0.642. The summed E-state index contributed by atoms with van der Waals surface area (Å²) in [6.45, 7) is 3.90. The third-order valence-corrected chi connectivity index (χ3v) is 3.34. The van der Waals surface area contributed by atoms with Gasteiger partial charge in [0.25, 0.3) is 5.91 Å². The fourth-order valence-electron chi connectivity index (χ4n) is 2.39. The number of phenolic OH excluding ortho intramolecular Hbond substituents is 1. The number of aromatic hydroxyl groups is 1. The van der Waals surface area contributed by atoms with Gasteiger partial charge in [0.2, 0.25) is 0 Å². The first kappa shape index (κ1) is 13.7. The zero-order valence-corrected chi connectivity index (χ0v) is 11.1. The van der Waals surface area contributed by atoms with Gasteiger partial charge < -0.3 is 20.5 Å². The summed E-state index contributed by atoms with van der Waals surface area (Å²) in [4.78, 5) is 14.1. The number of hydrogen-bond donors (Lipinski definition) is 2. The molecule has 1 aromatic rings. The molecule has 0 aliphatic carbocycles. The average Bonchev–Trinajstić information content (AvgIpc) is 2.41. The van der Waals surface area contributed by atoms with Crippen molar-refractivity contribution in [3.05, 3.63) is 23.8 Å². The Morgan fingerprint density at radius 3 is 3.11 bits per heavy atom. The van der Waals surface area contributed by atoms with E-state index in [2.05, 4.69) is 0 Å². The molecule has 1 unspecified atom stereocenters. The maximum absolute atomic E-state index is 12.4. The van der Waals surface area contributed by atoms with Crippen LogP contribution in [0.25, 0.3) is 0 Å². The molecule has 0 radical (unpaired) electrons. The summed E-state index contributed by atoms with van der Waals surface area (Å²) in [6.07, 6.45) is 2.00. The Balaban J connectivity index is 2.12. The largest absolute Gasteiger partial charge is 0.508 e. The number of carbonyl (C=O) groups is 1. The zero-order valence-electron chi connectivity index (χ0n) is 11.1. The second-order valence-electron chi connectivity index (χ2n) is 4.74. The minimum Gasteiger partial charge on any atom is -0.508 e. The van der Waals surface area contributed by atoms with Gasteiger partial charge in [-0.15, -0.1) is 0 Å². The lowest BCUT2D eigenvalue weighted by atomic mass is 10.1. The van der Waals surface area contributed by atoms with Crippen LogP contribution in [-0.2, 0) is 4.74 Å². The first-order chi connectivity index (χ1) is 9.11. The van der Waals surface area contributed by atoms with Gasteiger partial charge in [0.1, 0.15) is 5.75 Å². The van der Waals surface area contributed by atoms with Crippen molar-refractivity contribution in [1.82, 2.24) is 4.90 Å². The van der Waals surface area contributed by atoms with Crippen molar-refractivity contribution in [1.29, 1.82) is 0 Å². The van der Waals surface area contributed by atoms with E-state index in [1.807, 2.05) is 6.92 Å². The highest BCUT2D eigenvalue weighted by Gasteiger charge is 2.25. The van der Waals surface area contributed by atoms with Crippen LogP contribution >= 0.6 is 0 Å². The van der Waals surface area contributed by atoms with E-state index in [0.29, 0.717) is 30.9 Å². The van der Waals surface area contributed by atoms with Gasteiger partial charge in [0.15, 0.2) is 0 Å². The van der Waals surface area contributed by atoms with E-state index in [1.54, 1.807) is 11.0 Å². The first-order valence-corrected chi connectivity index (χ1v) is 6.61. The number of phenols is 1. The van der Waals surface area contributed by atoms with E-state index in [0.717, 1.165) is 12.8 Å². The van der Waals surface area contributed by atoms with E-state index >= 15 is 0 Å². The Morgan fingerprint density at radius 1 is 1.58 bits per heavy atom. The van der Waals surface area contributed by atoms with Gasteiger partial charge in [-0.2, -0.15) is 0 Å². The fraction of sp³-hybridized carbons (Fsp3) is 0.500. The molecule has 0 saturated carbocycles. The first-order valence-electron chi connectivity index (χ1n) is 6.61. The van der Waals surface area contributed by atoms with Gasteiger partial charge >= 0.3 is 0 Å². The molecule has 19 heavy (non-hydrogen) atoms. The summed E-state index contributed by atoms with van der Waals surface area (Å²) in [7, 11) is 0. The van der Waals surface area contributed by atoms with Gasteiger partial charge in [-0.3, -0.25) is 4.79 Å². The molecule has 0 bridgehead atoms. The maximum Gasteiger partial charge on any atom is 0.256 e. The molecule has 1 atom stereocenters. The Bertz CT molecular complexity index is 460. The molecular formula is C14H20N2O3. The van der Waals surface area contributed by atoms with Crippen LogP contribution in [0.15, 0.2) is 18.2 Å². The summed E-state index contributed by atoms with van der Waals surface area (Å²) < 4.78 is 5.58. The third kappa shape index (κ3) is 3.17. The minimum absolute atomic E-state index is 0.0518. The number of likely N-dealkylation sites (tertiary alicyclic amines) is 1. The van der Waals surface area contributed by atoms with Crippen LogP contribution in [0.2, 0.25) is 0 Å². The van der Waals surface area contributed by atoms with Crippen molar-refractivity contribution < 1.29 is 14.6 Å². The van der Waals surface area contributed by atoms with Crippen molar-refractivity contribution in [2.24, 2.45) is 0 Å². The number of hydrogen-bond acceptors (Lipinski definition) is 4. The highest BCUT2D eigenvalue weighted by molar-refractivity contribution is 5.99. The van der Waals surface area contributed by atoms with Gasteiger partial charge in [-0.1, -0.05) is 0 Å². The topological polar surface area (TPSA) is 75.8 Å². The van der Waals surface area contributed by atoms with Crippen molar-refractivity contribution in [2.75, 3.05) is 25.4 Å². The number of carbonyl (C=O) groups excluding carboxylic acids is 1. The van der Waals surface area contributed by atoms with Gasteiger partial charge in [0.05, 0.1) is 11.7 Å². The molecule has 3 N–H and O–H groups in total. The minimum atomic E-state index is -0.141. The predicted octanol–water partition coefficient (Wildman–Crippen LogP) is 1.62. The molecular weight excluding hydrogens is 244 g/mol. The van der Waals surface area contributed by atoms with Gasteiger partial charge in [0, 0.05) is 25.4 Å². The molecule has 1 aliphatic rings. The summed E-state index contributed by atoms with van der Waals surface area (Å²) in [6, 6.07) is 4.44. The molecule has 0 aromatic heterocycles. The number of benzene rings is 1. The summed E-state index contributed by atoms with van der Waals surface area (Å²) in [5.41, 5.74) is 6.55. The fourth-order valence-corrected chi connectivity index (χ4v) is 2.39. The molecule has 5 nitrogen and oxygen atoms in total. The van der Waals surface area contributed by atoms with Crippen LogP contribution in [0.3, 0.4) is 0 Å². The van der Waals surface area contributed by atoms with E-state index in [4.69, 9.17) is 10.5 Å². The number of ether oxygens (including phenoxy) is 1. The predicted molar refractivity (Wildman–Crippen MR) is 73.1 cm³/mol. The second-order valence-corrected chi connectivity index (χ2v) is 4.74. The maximum atomic E-state index is 12.4. The molecule has 1 aromatic carbocycles. The number of nitrogens with zero attached hydrogens (tertiary/aromatic N) is 1. The SMILES string of the molecule is CCOC1CCCN(C(=O)c2cc(O)ccc2N)C1. The number of amides is 1. The van der Waals surface area contributed by atoms with E-state index in [1.165, 1.54) is 12.1 Å². The number of nitrogens with two attached hydrogens (primary N) is 1. The van der Waals surface area contributed by atoms with Crippen molar-refractivity contribution in [3.63, 3.8) is 0 Å². The van der Waals surface area contributed by atoms with Crippen LogP contribution in [0, 0.1) is 0 Å². The van der Waals surface area contributed by atoms with Crippen molar-refractivity contribution in [3.8, 4) is 5.75 Å². The van der Waals surface area contributed by atoms with Crippen LogP contribution in [0.5, 0.6) is 5.75 Å². The summed E-state index contributed by atoms with van der Waals surface area (Å²) in [5, 5.41) is 9.47. The van der Waals surface area contributed by atoms with Gasteiger partial charge in [-0.05, 0) is 38.0 Å². The molecule has 1 heterocycles. The third-order valence-electron chi connectivity index (χ3n) is 3.34. The molecule has 1 saturated heterocycles. The highest BCUT2D eigenvalue weighted by atomic mass is 16.5. The average molecular weight is 264 g/mol. The number of rotatable bonds is 3. The standard InChI is InChI=1S/C14H20N2O3/c1-2-19-11-4-3-7-16(9-11)14(18)12-8-10(17)5-6-13(12)15/h5-6,8,11,17H,2-4,7,9,15H2,1H3. The van der Waals surface area contributed by atoms with Gasteiger partial charge in [-0.25, -0.2) is 0 Å². The monoisotopic (exact) mass is 264 g/mol. The zero-order chi connectivity index (χ0) is 13.8. The van der Waals surface area contributed by atoms with E-state index < -0.39 is 0 Å². The number of piperidine rings is 1. The molecule has 2 rings (SSSR count). The van der Waals surface area contributed by atoms with Crippen LogP contribution in [0.4, 0.5) is 5.69 Å². The molecule has 0 spiro atoms.